The minimum atomic E-state index is -0.266. The minimum absolute atomic E-state index is 0.0776. The summed E-state index contributed by atoms with van der Waals surface area (Å²) >= 11 is 0. The lowest BCUT2D eigenvalue weighted by Crippen LogP contribution is -2.34. The van der Waals surface area contributed by atoms with Crippen molar-refractivity contribution in [2.75, 3.05) is 19.7 Å². The number of H-pyrrole nitrogens is 1. The van der Waals surface area contributed by atoms with Gasteiger partial charge in [0.1, 0.15) is 5.69 Å². The molecule has 0 fully saturated rings. The van der Waals surface area contributed by atoms with Crippen molar-refractivity contribution in [3.05, 3.63) is 24.0 Å². The molecule has 1 aromatic heterocycles. The summed E-state index contributed by atoms with van der Waals surface area (Å²) in [7, 11) is 0. The summed E-state index contributed by atoms with van der Waals surface area (Å²) < 4.78 is 4.86. The second kappa shape index (κ2) is 7.53. The van der Waals surface area contributed by atoms with Crippen molar-refractivity contribution in [1.29, 1.82) is 0 Å². The van der Waals surface area contributed by atoms with Crippen LogP contribution in [0.15, 0.2) is 18.3 Å². The van der Waals surface area contributed by atoms with Crippen molar-refractivity contribution in [2.24, 2.45) is 0 Å². The molecular formula is C13H20N2O3. The van der Waals surface area contributed by atoms with Crippen LogP contribution in [-0.2, 0) is 9.53 Å². The molecule has 1 N–H and O–H groups in total. The summed E-state index contributed by atoms with van der Waals surface area (Å²) in [6, 6.07) is 3.51. The molecule has 0 aliphatic rings. The molecule has 0 saturated carbocycles. The van der Waals surface area contributed by atoms with E-state index < -0.39 is 0 Å². The zero-order chi connectivity index (χ0) is 13.4. The molecule has 1 heterocycles. The number of carbonyl (C=O) groups excluding carboxylic acids is 2. The molecule has 5 nitrogen and oxygen atoms in total. The summed E-state index contributed by atoms with van der Waals surface area (Å²) in [5.41, 5.74) is 0.548. The van der Waals surface area contributed by atoms with Crippen LogP contribution in [0.2, 0.25) is 0 Å². The number of nitrogens with zero attached hydrogens (tertiary/aromatic N) is 1. The molecule has 0 aromatic carbocycles. The molecule has 0 unspecified atom stereocenters. The number of amides is 1. The summed E-state index contributed by atoms with van der Waals surface area (Å²) in [5.74, 6) is -0.343. The van der Waals surface area contributed by atoms with Gasteiger partial charge < -0.3 is 14.6 Å². The van der Waals surface area contributed by atoms with Crippen LogP contribution >= 0.6 is 0 Å². The molecule has 0 spiro atoms. The number of ether oxygens (including phenoxy) is 1. The van der Waals surface area contributed by atoms with Gasteiger partial charge in [-0.05, 0) is 25.5 Å². The van der Waals surface area contributed by atoms with E-state index in [1.54, 1.807) is 30.2 Å². The molecule has 1 rings (SSSR count). The summed E-state index contributed by atoms with van der Waals surface area (Å²) in [5, 5.41) is 0. The molecular weight excluding hydrogens is 232 g/mol. The molecule has 0 atom stereocenters. The molecule has 0 saturated heterocycles. The first kappa shape index (κ1) is 14.3. The van der Waals surface area contributed by atoms with Crippen LogP contribution in [0.4, 0.5) is 0 Å². The second-order valence-electron chi connectivity index (χ2n) is 3.93. The summed E-state index contributed by atoms with van der Waals surface area (Å²) in [4.78, 5) is 28.0. The van der Waals surface area contributed by atoms with E-state index in [-0.39, 0.29) is 18.3 Å². The maximum Gasteiger partial charge on any atom is 0.307 e. The van der Waals surface area contributed by atoms with Gasteiger partial charge in [0.05, 0.1) is 13.0 Å². The Morgan fingerprint density at radius 1 is 1.33 bits per heavy atom. The lowest BCUT2D eigenvalue weighted by Gasteiger charge is -2.21. The Labute approximate surface area is 107 Å². The fourth-order valence-electron chi connectivity index (χ4n) is 1.68. The van der Waals surface area contributed by atoms with Gasteiger partial charge in [0.25, 0.3) is 5.91 Å². The van der Waals surface area contributed by atoms with Gasteiger partial charge in [0.2, 0.25) is 0 Å². The number of hydrogen-bond acceptors (Lipinski definition) is 3. The van der Waals surface area contributed by atoms with Crippen LogP contribution < -0.4 is 0 Å². The topological polar surface area (TPSA) is 62.4 Å². The van der Waals surface area contributed by atoms with Crippen molar-refractivity contribution in [3.8, 4) is 0 Å². The van der Waals surface area contributed by atoms with E-state index in [4.69, 9.17) is 4.74 Å². The molecule has 18 heavy (non-hydrogen) atoms. The quantitative estimate of drug-likeness (QED) is 0.753. The average molecular weight is 252 g/mol. The number of carbonyl (C=O) groups is 2. The van der Waals surface area contributed by atoms with Gasteiger partial charge in [-0.3, -0.25) is 9.59 Å². The van der Waals surface area contributed by atoms with Crippen LogP contribution in [0.1, 0.15) is 37.2 Å². The van der Waals surface area contributed by atoms with E-state index in [1.165, 1.54) is 0 Å². The number of aromatic nitrogens is 1. The van der Waals surface area contributed by atoms with Gasteiger partial charge in [-0.1, -0.05) is 6.92 Å². The van der Waals surface area contributed by atoms with E-state index in [2.05, 4.69) is 4.98 Å². The van der Waals surface area contributed by atoms with Gasteiger partial charge in [-0.2, -0.15) is 0 Å². The van der Waals surface area contributed by atoms with E-state index in [9.17, 15) is 9.59 Å². The van der Waals surface area contributed by atoms with Crippen LogP contribution in [-0.4, -0.2) is 41.5 Å². The smallest absolute Gasteiger partial charge is 0.307 e. The summed E-state index contributed by atoms with van der Waals surface area (Å²) in [6.45, 7) is 5.17. The van der Waals surface area contributed by atoms with E-state index in [1.807, 2.05) is 6.92 Å². The normalized spacial score (nSPS) is 10.1. The molecule has 0 aliphatic heterocycles. The standard InChI is InChI=1S/C13H20N2O3/c1-3-9-15(10-7-12(16)18-4-2)13(17)11-6-5-8-14-11/h5-6,8,14H,3-4,7,9-10H2,1-2H3. The SMILES string of the molecule is CCCN(CCC(=O)OCC)C(=O)c1ccc[nH]1. The molecule has 1 amide bonds. The van der Waals surface area contributed by atoms with Crippen LogP contribution in [0.25, 0.3) is 0 Å². The van der Waals surface area contributed by atoms with Crippen LogP contribution in [0.3, 0.4) is 0 Å². The Hall–Kier alpha value is -1.78. The van der Waals surface area contributed by atoms with Crippen molar-refractivity contribution in [3.63, 3.8) is 0 Å². The van der Waals surface area contributed by atoms with Gasteiger partial charge in [0.15, 0.2) is 0 Å². The monoisotopic (exact) mass is 252 g/mol. The Balaban J connectivity index is 2.54. The highest BCUT2D eigenvalue weighted by Crippen LogP contribution is 2.04. The Kier molecular flexibility index (Phi) is 5.97. The van der Waals surface area contributed by atoms with Gasteiger partial charge in [-0.25, -0.2) is 0 Å². The molecule has 5 heteroatoms. The first-order chi connectivity index (χ1) is 8.69. The number of hydrogen-bond donors (Lipinski definition) is 1. The van der Waals surface area contributed by atoms with Gasteiger partial charge in [-0.15, -0.1) is 0 Å². The van der Waals surface area contributed by atoms with Crippen molar-refractivity contribution < 1.29 is 14.3 Å². The van der Waals surface area contributed by atoms with Crippen LogP contribution in [0, 0.1) is 0 Å². The first-order valence-electron chi connectivity index (χ1n) is 6.27. The minimum Gasteiger partial charge on any atom is -0.466 e. The second-order valence-corrected chi connectivity index (χ2v) is 3.93. The van der Waals surface area contributed by atoms with E-state index >= 15 is 0 Å². The highest BCUT2D eigenvalue weighted by molar-refractivity contribution is 5.92. The molecule has 0 aliphatic carbocycles. The fraction of sp³-hybridized carbons (Fsp3) is 0.538. The predicted octanol–water partition coefficient (Wildman–Crippen LogP) is 1.82. The fourth-order valence-corrected chi connectivity index (χ4v) is 1.68. The van der Waals surface area contributed by atoms with E-state index in [0.717, 1.165) is 6.42 Å². The third kappa shape index (κ3) is 4.24. The highest BCUT2D eigenvalue weighted by atomic mass is 16.5. The van der Waals surface area contributed by atoms with Crippen molar-refractivity contribution >= 4 is 11.9 Å². The lowest BCUT2D eigenvalue weighted by molar-refractivity contribution is -0.143. The summed E-state index contributed by atoms with van der Waals surface area (Å²) in [6.07, 6.45) is 2.80. The lowest BCUT2D eigenvalue weighted by atomic mass is 10.3. The molecule has 100 valence electrons. The predicted molar refractivity (Wildman–Crippen MR) is 68.2 cm³/mol. The molecule has 0 bridgehead atoms. The maximum atomic E-state index is 12.1. The van der Waals surface area contributed by atoms with E-state index in [0.29, 0.717) is 25.4 Å². The van der Waals surface area contributed by atoms with Crippen molar-refractivity contribution in [2.45, 2.75) is 26.7 Å². The zero-order valence-electron chi connectivity index (χ0n) is 10.9. The number of rotatable bonds is 7. The zero-order valence-corrected chi connectivity index (χ0v) is 10.9. The molecule has 1 aromatic rings. The Bertz CT molecular complexity index is 374. The number of aromatic amines is 1. The van der Waals surface area contributed by atoms with Gasteiger partial charge >= 0.3 is 5.97 Å². The highest BCUT2D eigenvalue weighted by Gasteiger charge is 2.16. The van der Waals surface area contributed by atoms with Crippen LogP contribution in [0.5, 0.6) is 0 Å². The van der Waals surface area contributed by atoms with Gasteiger partial charge in [0, 0.05) is 19.3 Å². The average Bonchev–Trinajstić information content (AvgIpc) is 2.87. The number of nitrogens with one attached hydrogen (secondary N) is 1. The third-order valence-corrected chi connectivity index (χ3v) is 2.50. The third-order valence-electron chi connectivity index (χ3n) is 2.50. The molecule has 0 radical (unpaired) electrons. The largest absolute Gasteiger partial charge is 0.466 e. The maximum absolute atomic E-state index is 12.1. The Morgan fingerprint density at radius 3 is 2.67 bits per heavy atom. The van der Waals surface area contributed by atoms with Crippen molar-refractivity contribution in [1.82, 2.24) is 9.88 Å². The number of esters is 1. The first-order valence-corrected chi connectivity index (χ1v) is 6.27. The Morgan fingerprint density at radius 2 is 2.11 bits per heavy atom.